The average molecular weight is 434 g/mol. The van der Waals surface area contributed by atoms with Crippen molar-refractivity contribution >= 4 is 22.7 Å². The van der Waals surface area contributed by atoms with Crippen molar-refractivity contribution in [1.82, 2.24) is 20.8 Å². The molecule has 0 radical (unpaired) electrons. The molecule has 32 heavy (non-hydrogen) atoms. The number of aryl methyl sites for hydroxylation is 1. The lowest BCUT2D eigenvalue weighted by Crippen LogP contribution is -2.41. The summed E-state index contributed by atoms with van der Waals surface area (Å²) in [6.45, 7) is 0. The third kappa shape index (κ3) is 4.80. The number of nitrogens with zero attached hydrogens (tertiary/aromatic N) is 1. The Labute approximate surface area is 182 Å². The van der Waals surface area contributed by atoms with E-state index in [1.54, 1.807) is 12.3 Å². The van der Waals surface area contributed by atoms with Crippen LogP contribution >= 0.6 is 0 Å². The maximum atomic E-state index is 13.9. The molecule has 0 saturated heterocycles. The minimum atomic E-state index is -0.539. The number of carbonyl (C=O) groups is 2. The molecule has 0 saturated carbocycles. The predicted molar refractivity (Wildman–Crippen MR) is 116 cm³/mol. The second-order valence-electron chi connectivity index (χ2n) is 7.25. The largest absolute Gasteiger partial charge is 0.353 e. The van der Waals surface area contributed by atoms with Crippen LogP contribution in [-0.4, -0.2) is 21.8 Å². The van der Waals surface area contributed by atoms with Crippen LogP contribution < -0.4 is 10.9 Å². The number of rotatable bonds is 6. The standard InChI is InChI=1S/C24H20F2N4O2/c25-16-9-7-15(8-10-16)24(32)30-29-22(31)6-3-4-18-19-14-17(26)11-12-20(19)28-23(18)21-5-1-2-13-27-21/h1-2,5,7-14,28H,3-4,6H2,(H,29,31)(H,30,32). The molecule has 0 aliphatic carbocycles. The molecule has 162 valence electrons. The van der Waals surface area contributed by atoms with Crippen LogP contribution in [0.25, 0.3) is 22.3 Å². The Morgan fingerprint density at radius 1 is 0.938 bits per heavy atom. The Bertz CT molecular complexity index is 1250. The SMILES string of the molecule is O=C(CCCc1c(-c2ccccn2)[nH]c2ccc(F)cc12)NNC(=O)c1ccc(F)cc1. The van der Waals surface area contributed by atoms with E-state index in [4.69, 9.17) is 0 Å². The highest BCUT2D eigenvalue weighted by molar-refractivity contribution is 5.95. The van der Waals surface area contributed by atoms with Crippen LogP contribution in [0.15, 0.2) is 66.9 Å². The molecule has 0 bridgehead atoms. The Morgan fingerprint density at radius 3 is 2.47 bits per heavy atom. The van der Waals surface area contributed by atoms with E-state index in [9.17, 15) is 18.4 Å². The van der Waals surface area contributed by atoms with Crippen molar-refractivity contribution in [3.8, 4) is 11.4 Å². The number of hydrazine groups is 1. The molecule has 0 spiro atoms. The van der Waals surface area contributed by atoms with Gasteiger partial charge in [-0.25, -0.2) is 8.78 Å². The predicted octanol–water partition coefficient (Wildman–Crippen LogP) is 4.29. The van der Waals surface area contributed by atoms with Gasteiger partial charge in [-0.3, -0.25) is 25.4 Å². The number of hydrogen-bond acceptors (Lipinski definition) is 3. The Hall–Kier alpha value is -4.07. The molecule has 3 N–H and O–H groups in total. The first kappa shape index (κ1) is 21.2. The molecule has 0 fully saturated rings. The summed E-state index contributed by atoms with van der Waals surface area (Å²) in [7, 11) is 0. The molecule has 4 aromatic rings. The van der Waals surface area contributed by atoms with Gasteiger partial charge in [0.2, 0.25) is 5.91 Å². The number of carbonyl (C=O) groups excluding carboxylic acids is 2. The van der Waals surface area contributed by atoms with Crippen molar-refractivity contribution < 1.29 is 18.4 Å². The second-order valence-corrected chi connectivity index (χ2v) is 7.25. The zero-order valence-corrected chi connectivity index (χ0v) is 17.0. The lowest BCUT2D eigenvalue weighted by molar-refractivity contribution is -0.121. The molecule has 0 unspecified atom stereocenters. The third-order valence-corrected chi connectivity index (χ3v) is 5.04. The van der Waals surface area contributed by atoms with Gasteiger partial charge in [0.25, 0.3) is 5.91 Å². The summed E-state index contributed by atoms with van der Waals surface area (Å²) in [5.74, 6) is -1.70. The van der Waals surface area contributed by atoms with E-state index in [2.05, 4.69) is 20.8 Å². The fourth-order valence-corrected chi connectivity index (χ4v) is 3.50. The number of aromatic amines is 1. The van der Waals surface area contributed by atoms with Crippen LogP contribution in [0.4, 0.5) is 8.78 Å². The zero-order valence-electron chi connectivity index (χ0n) is 17.0. The summed E-state index contributed by atoms with van der Waals surface area (Å²) >= 11 is 0. The van der Waals surface area contributed by atoms with E-state index in [0.29, 0.717) is 12.8 Å². The quantitative estimate of drug-likeness (QED) is 0.396. The number of aromatic nitrogens is 2. The van der Waals surface area contributed by atoms with E-state index in [0.717, 1.165) is 27.9 Å². The van der Waals surface area contributed by atoms with Gasteiger partial charge >= 0.3 is 0 Å². The number of nitrogens with one attached hydrogen (secondary N) is 3. The van der Waals surface area contributed by atoms with E-state index >= 15 is 0 Å². The van der Waals surface area contributed by atoms with Gasteiger partial charge in [-0.15, -0.1) is 0 Å². The van der Waals surface area contributed by atoms with Crippen molar-refractivity contribution in [2.24, 2.45) is 0 Å². The van der Waals surface area contributed by atoms with Crippen LogP contribution in [0.1, 0.15) is 28.8 Å². The average Bonchev–Trinajstić information content (AvgIpc) is 3.16. The zero-order chi connectivity index (χ0) is 22.5. The van der Waals surface area contributed by atoms with Crippen molar-refractivity contribution in [3.05, 3.63) is 89.6 Å². The number of halogens is 2. The van der Waals surface area contributed by atoms with Crippen molar-refractivity contribution in [2.75, 3.05) is 0 Å². The van der Waals surface area contributed by atoms with Gasteiger partial charge in [-0.05, 0) is 73.0 Å². The number of pyridine rings is 1. The Balaban J connectivity index is 1.40. The number of amides is 2. The summed E-state index contributed by atoms with van der Waals surface area (Å²) in [5.41, 5.74) is 8.08. The van der Waals surface area contributed by atoms with Gasteiger partial charge in [0.05, 0.1) is 11.4 Å². The molecule has 2 heterocycles. The van der Waals surface area contributed by atoms with Crippen LogP contribution in [0.3, 0.4) is 0 Å². The summed E-state index contributed by atoms with van der Waals surface area (Å²) in [4.78, 5) is 31.8. The molecule has 2 aromatic heterocycles. The first-order valence-corrected chi connectivity index (χ1v) is 10.1. The number of H-pyrrole nitrogens is 1. The first-order valence-electron chi connectivity index (χ1n) is 10.1. The van der Waals surface area contributed by atoms with Crippen LogP contribution in [0.2, 0.25) is 0 Å². The van der Waals surface area contributed by atoms with Gasteiger partial charge in [-0.1, -0.05) is 6.07 Å². The van der Waals surface area contributed by atoms with Gasteiger partial charge in [0.15, 0.2) is 0 Å². The lowest BCUT2D eigenvalue weighted by Gasteiger charge is -2.08. The number of hydrogen-bond donors (Lipinski definition) is 3. The van der Waals surface area contributed by atoms with Crippen LogP contribution in [0, 0.1) is 11.6 Å². The topological polar surface area (TPSA) is 86.9 Å². The lowest BCUT2D eigenvalue weighted by atomic mass is 10.0. The van der Waals surface area contributed by atoms with Crippen molar-refractivity contribution in [2.45, 2.75) is 19.3 Å². The maximum absolute atomic E-state index is 13.9. The van der Waals surface area contributed by atoms with Gasteiger partial charge < -0.3 is 4.98 Å². The second kappa shape index (κ2) is 9.38. The highest BCUT2D eigenvalue weighted by Gasteiger charge is 2.15. The molecule has 2 amide bonds. The summed E-state index contributed by atoms with van der Waals surface area (Å²) in [5, 5.41) is 0.746. The minimum Gasteiger partial charge on any atom is -0.353 e. The molecular formula is C24H20F2N4O2. The van der Waals surface area contributed by atoms with Gasteiger partial charge in [0.1, 0.15) is 11.6 Å². The number of benzene rings is 2. The molecule has 2 aromatic carbocycles. The van der Waals surface area contributed by atoms with Crippen molar-refractivity contribution in [1.29, 1.82) is 0 Å². The summed E-state index contributed by atoms with van der Waals surface area (Å²) < 4.78 is 26.8. The highest BCUT2D eigenvalue weighted by Crippen LogP contribution is 2.31. The molecular weight excluding hydrogens is 414 g/mol. The molecule has 0 aliphatic heterocycles. The molecule has 4 rings (SSSR count). The van der Waals surface area contributed by atoms with Crippen LogP contribution in [-0.2, 0) is 11.2 Å². The Morgan fingerprint density at radius 2 is 1.72 bits per heavy atom. The summed E-state index contributed by atoms with van der Waals surface area (Å²) in [6, 6.07) is 15.1. The van der Waals surface area contributed by atoms with E-state index in [1.165, 1.54) is 36.4 Å². The monoisotopic (exact) mass is 434 g/mol. The summed E-state index contributed by atoms with van der Waals surface area (Å²) in [6.07, 6.45) is 2.81. The van der Waals surface area contributed by atoms with E-state index in [1.807, 2.05) is 18.2 Å². The van der Waals surface area contributed by atoms with Gasteiger partial charge in [0, 0.05) is 29.1 Å². The third-order valence-electron chi connectivity index (χ3n) is 5.04. The fraction of sp³-hybridized carbons (Fsp3) is 0.125. The van der Waals surface area contributed by atoms with Crippen LogP contribution in [0.5, 0.6) is 0 Å². The molecule has 8 heteroatoms. The first-order chi connectivity index (χ1) is 15.5. The molecule has 0 aliphatic rings. The molecule has 6 nitrogen and oxygen atoms in total. The highest BCUT2D eigenvalue weighted by atomic mass is 19.1. The van der Waals surface area contributed by atoms with E-state index in [-0.39, 0.29) is 23.7 Å². The van der Waals surface area contributed by atoms with E-state index < -0.39 is 11.7 Å². The number of fused-ring (bicyclic) bond motifs is 1. The fourth-order valence-electron chi connectivity index (χ4n) is 3.50. The normalized spacial score (nSPS) is 10.8. The van der Waals surface area contributed by atoms with Crippen molar-refractivity contribution in [3.63, 3.8) is 0 Å². The van der Waals surface area contributed by atoms with Gasteiger partial charge in [-0.2, -0.15) is 0 Å². The minimum absolute atomic E-state index is 0.146. The Kier molecular flexibility index (Phi) is 6.21. The smallest absolute Gasteiger partial charge is 0.269 e. The maximum Gasteiger partial charge on any atom is 0.269 e. The molecule has 0 atom stereocenters.